The molecule has 1 aliphatic heterocycles. The number of urea groups is 1. The van der Waals surface area contributed by atoms with Crippen molar-refractivity contribution in [3.63, 3.8) is 0 Å². The molecule has 1 N–H and O–H groups in total. The van der Waals surface area contributed by atoms with Gasteiger partial charge in [-0.05, 0) is 61.4 Å². The zero-order valence-electron chi connectivity index (χ0n) is 20.5. The molecule has 3 aromatic carbocycles. The Morgan fingerprint density at radius 3 is 2.53 bits per heavy atom. The van der Waals surface area contributed by atoms with Gasteiger partial charge >= 0.3 is 6.03 Å². The highest BCUT2D eigenvalue weighted by Crippen LogP contribution is 2.36. The molecule has 0 aliphatic carbocycles. The van der Waals surface area contributed by atoms with Crippen LogP contribution in [0.25, 0.3) is 6.08 Å². The van der Waals surface area contributed by atoms with Crippen LogP contribution >= 0.6 is 11.6 Å². The zero-order chi connectivity index (χ0) is 27.2. The number of barbiturate groups is 1. The molecule has 0 saturated carbocycles. The molecule has 9 heteroatoms. The predicted molar refractivity (Wildman–Crippen MR) is 143 cm³/mol. The fourth-order valence-corrected chi connectivity index (χ4v) is 4.12. The van der Waals surface area contributed by atoms with E-state index < -0.39 is 23.7 Å². The summed E-state index contributed by atoms with van der Waals surface area (Å²) < 4.78 is 25.9. The van der Waals surface area contributed by atoms with Crippen molar-refractivity contribution < 1.29 is 28.2 Å². The third-order valence-corrected chi connectivity index (χ3v) is 5.86. The normalized spacial score (nSPS) is 14.4. The summed E-state index contributed by atoms with van der Waals surface area (Å²) >= 11 is 6.03. The van der Waals surface area contributed by atoms with Gasteiger partial charge in [-0.3, -0.25) is 14.9 Å². The molecule has 0 radical (unpaired) electrons. The molecule has 194 valence electrons. The van der Waals surface area contributed by atoms with Gasteiger partial charge < -0.3 is 9.47 Å². The van der Waals surface area contributed by atoms with Crippen molar-refractivity contribution in [2.75, 3.05) is 11.5 Å². The van der Waals surface area contributed by atoms with E-state index in [0.717, 1.165) is 4.90 Å². The van der Waals surface area contributed by atoms with Crippen molar-refractivity contribution in [2.45, 2.75) is 20.0 Å². The van der Waals surface area contributed by atoms with Gasteiger partial charge in [0.2, 0.25) is 0 Å². The van der Waals surface area contributed by atoms with E-state index in [9.17, 15) is 18.8 Å². The number of hydrogen-bond acceptors (Lipinski definition) is 5. The monoisotopic (exact) mass is 534 g/mol. The third kappa shape index (κ3) is 5.76. The molecular formula is C29H24ClFN2O5. The van der Waals surface area contributed by atoms with Crippen LogP contribution in [0.3, 0.4) is 0 Å². The van der Waals surface area contributed by atoms with Crippen LogP contribution in [-0.4, -0.2) is 24.5 Å². The van der Waals surface area contributed by atoms with E-state index >= 15 is 0 Å². The number of halogens is 2. The molecule has 0 spiro atoms. The van der Waals surface area contributed by atoms with Gasteiger partial charge in [0.1, 0.15) is 18.0 Å². The Kier molecular flexibility index (Phi) is 8.23. The summed E-state index contributed by atoms with van der Waals surface area (Å²) in [6, 6.07) is 14.9. The minimum absolute atomic E-state index is 0.0328. The first-order chi connectivity index (χ1) is 18.3. The van der Waals surface area contributed by atoms with Crippen molar-refractivity contribution in [3.05, 3.63) is 106 Å². The summed E-state index contributed by atoms with van der Waals surface area (Å²) in [6.07, 6.45) is 3.41. The Morgan fingerprint density at radius 1 is 1.03 bits per heavy atom. The maximum absolute atomic E-state index is 14.2. The highest BCUT2D eigenvalue weighted by Gasteiger charge is 2.37. The fraction of sp³-hybridized carbons (Fsp3) is 0.138. The Hall–Kier alpha value is -4.43. The highest BCUT2D eigenvalue weighted by molar-refractivity contribution is 6.39. The van der Waals surface area contributed by atoms with Gasteiger partial charge in [-0.15, -0.1) is 6.58 Å². The summed E-state index contributed by atoms with van der Waals surface area (Å²) in [5.74, 6) is -1.28. The number of carbonyl (C=O) groups is 3. The first-order valence-corrected chi connectivity index (χ1v) is 12.1. The van der Waals surface area contributed by atoms with Gasteiger partial charge in [-0.2, -0.15) is 0 Å². The number of imide groups is 2. The summed E-state index contributed by atoms with van der Waals surface area (Å²) in [4.78, 5) is 39.3. The molecule has 4 amide bonds. The number of hydrogen-bond donors (Lipinski definition) is 1. The standard InChI is InChI=1S/C29H24ClFN2O5/c1-3-8-19-13-18(15-25(37-4-2)26(19)38-17-20-9-5-6-12-24(20)31)14-23-27(34)32-29(36)33(28(23)35)22-11-7-10-21(30)16-22/h3,5-7,9-16H,1,4,8,17H2,2H3,(H,32,34,36)/b23-14+. The lowest BCUT2D eigenvalue weighted by Gasteiger charge is -2.26. The van der Waals surface area contributed by atoms with Crippen LogP contribution in [0.5, 0.6) is 11.5 Å². The van der Waals surface area contributed by atoms with Crippen molar-refractivity contribution in [3.8, 4) is 11.5 Å². The third-order valence-electron chi connectivity index (χ3n) is 5.63. The molecule has 3 aromatic rings. The molecule has 1 saturated heterocycles. The number of carbonyl (C=O) groups excluding carboxylic acids is 3. The first kappa shape index (κ1) is 26.6. The second kappa shape index (κ2) is 11.7. The topological polar surface area (TPSA) is 84.9 Å². The molecule has 0 bridgehead atoms. The van der Waals surface area contributed by atoms with Crippen molar-refractivity contribution in [1.29, 1.82) is 0 Å². The molecule has 0 aromatic heterocycles. The Labute approximate surface area is 224 Å². The summed E-state index contributed by atoms with van der Waals surface area (Å²) in [7, 11) is 0. The van der Waals surface area contributed by atoms with Gasteiger partial charge in [0.05, 0.1) is 12.3 Å². The Bertz CT molecular complexity index is 1450. The average Bonchev–Trinajstić information content (AvgIpc) is 2.87. The lowest BCUT2D eigenvalue weighted by Crippen LogP contribution is -2.54. The van der Waals surface area contributed by atoms with Gasteiger partial charge in [-0.25, -0.2) is 14.1 Å². The molecular weight excluding hydrogens is 511 g/mol. The van der Waals surface area contributed by atoms with Gasteiger partial charge in [0, 0.05) is 16.1 Å². The van der Waals surface area contributed by atoms with E-state index in [1.807, 2.05) is 0 Å². The number of amides is 4. The number of allylic oxidation sites excluding steroid dienone is 1. The van der Waals surface area contributed by atoms with Crippen molar-refractivity contribution in [1.82, 2.24) is 5.32 Å². The van der Waals surface area contributed by atoms with Gasteiger partial charge in [0.15, 0.2) is 11.5 Å². The largest absolute Gasteiger partial charge is 0.490 e. The molecule has 0 atom stereocenters. The van der Waals surface area contributed by atoms with Crippen molar-refractivity contribution in [2.24, 2.45) is 0 Å². The van der Waals surface area contributed by atoms with Gasteiger partial charge in [-0.1, -0.05) is 41.9 Å². The van der Waals surface area contributed by atoms with Crippen molar-refractivity contribution >= 4 is 41.2 Å². The summed E-state index contributed by atoms with van der Waals surface area (Å²) in [5, 5.41) is 2.52. The number of nitrogens with one attached hydrogen (secondary N) is 1. The molecule has 1 aliphatic rings. The van der Waals surface area contributed by atoms with E-state index in [0.29, 0.717) is 46.2 Å². The smallest absolute Gasteiger partial charge is 0.335 e. The van der Waals surface area contributed by atoms with Crippen LogP contribution in [0.1, 0.15) is 23.6 Å². The second-order valence-corrected chi connectivity index (χ2v) is 8.69. The molecule has 4 rings (SSSR count). The fourth-order valence-electron chi connectivity index (χ4n) is 3.94. The zero-order valence-corrected chi connectivity index (χ0v) is 21.3. The minimum atomic E-state index is -0.876. The number of rotatable bonds is 9. The van der Waals surface area contributed by atoms with Crippen LogP contribution < -0.4 is 19.7 Å². The van der Waals surface area contributed by atoms with Crippen LogP contribution in [0, 0.1) is 5.82 Å². The van der Waals surface area contributed by atoms with Crippen LogP contribution in [0.4, 0.5) is 14.9 Å². The lowest BCUT2D eigenvalue weighted by atomic mass is 10.0. The quantitative estimate of drug-likeness (QED) is 0.211. The van der Waals surface area contributed by atoms with E-state index in [1.54, 1.807) is 55.5 Å². The Morgan fingerprint density at radius 2 is 1.82 bits per heavy atom. The van der Waals surface area contributed by atoms with Crippen LogP contribution in [0.2, 0.25) is 5.02 Å². The first-order valence-electron chi connectivity index (χ1n) is 11.8. The molecule has 38 heavy (non-hydrogen) atoms. The number of anilines is 1. The van der Waals surface area contributed by atoms with E-state index in [-0.39, 0.29) is 17.9 Å². The highest BCUT2D eigenvalue weighted by atomic mass is 35.5. The van der Waals surface area contributed by atoms with Crippen LogP contribution in [0.15, 0.2) is 78.9 Å². The van der Waals surface area contributed by atoms with E-state index in [4.69, 9.17) is 21.1 Å². The summed E-state index contributed by atoms with van der Waals surface area (Å²) in [6.45, 7) is 5.86. The van der Waals surface area contributed by atoms with E-state index in [2.05, 4.69) is 11.9 Å². The summed E-state index contributed by atoms with van der Waals surface area (Å²) in [5.41, 5.74) is 1.46. The SMILES string of the molecule is C=CCc1cc(/C=C2\C(=O)NC(=O)N(c3cccc(Cl)c3)C2=O)cc(OCC)c1OCc1ccccc1F. The van der Waals surface area contributed by atoms with Crippen LogP contribution in [-0.2, 0) is 22.6 Å². The lowest BCUT2D eigenvalue weighted by molar-refractivity contribution is -0.122. The van der Waals surface area contributed by atoms with Gasteiger partial charge in [0.25, 0.3) is 11.8 Å². The Balaban J connectivity index is 1.73. The number of ether oxygens (including phenoxy) is 2. The number of benzene rings is 3. The maximum Gasteiger partial charge on any atom is 0.335 e. The van der Waals surface area contributed by atoms with E-state index in [1.165, 1.54) is 24.3 Å². The average molecular weight is 535 g/mol. The predicted octanol–water partition coefficient (Wildman–Crippen LogP) is 5.85. The molecule has 0 unspecified atom stereocenters. The minimum Gasteiger partial charge on any atom is -0.490 e. The number of nitrogens with zero attached hydrogens (tertiary/aromatic N) is 1. The molecule has 7 nitrogen and oxygen atoms in total. The maximum atomic E-state index is 14.2. The second-order valence-electron chi connectivity index (χ2n) is 8.25. The molecule has 1 fully saturated rings. The molecule has 1 heterocycles.